The van der Waals surface area contributed by atoms with Crippen LogP contribution in [0, 0.1) is 0 Å². The topological polar surface area (TPSA) is 15.3 Å². The zero-order chi connectivity index (χ0) is 9.68. The van der Waals surface area contributed by atoms with Crippen molar-refractivity contribution in [3.63, 3.8) is 0 Å². The van der Waals surface area contributed by atoms with E-state index in [2.05, 4.69) is 30.6 Å². The molecule has 0 aliphatic carbocycles. The molecule has 0 aromatic rings. The van der Waals surface area contributed by atoms with Gasteiger partial charge in [0, 0.05) is 32.2 Å². The molecule has 1 heterocycles. The van der Waals surface area contributed by atoms with E-state index < -0.39 is 0 Å². The molecule has 13 heavy (non-hydrogen) atoms. The maximum Gasteiger partial charge on any atom is 0.0195 e. The Hall–Kier alpha value is -0.340. The molecule has 1 saturated heterocycles. The molecular weight excluding hydrogens is 160 g/mol. The lowest BCUT2D eigenvalue weighted by Gasteiger charge is -2.33. The predicted octanol–water partition coefficient (Wildman–Crippen LogP) is 1.64. The Balaban J connectivity index is 2.28. The Bertz CT molecular complexity index is 163. The third kappa shape index (κ3) is 3.92. The molecule has 0 bridgehead atoms. The summed E-state index contributed by atoms with van der Waals surface area (Å²) in [5.41, 5.74) is 1.28. The van der Waals surface area contributed by atoms with E-state index in [1.165, 1.54) is 31.5 Å². The zero-order valence-electron chi connectivity index (χ0n) is 8.97. The number of nitrogens with zero attached hydrogens (tertiary/aromatic N) is 1. The molecule has 2 heteroatoms. The average molecular weight is 182 g/mol. The van der Waals surface area contributed by atoms with Gasteiger partial charge in [0.2, 0.25) is 0 Å². The van der Waals surface area contributed by atoms with Gasteiger partial charge in [-0.3, -0.25) is 4.90 Å². The molecule has 76 valence electrons. The minimum atomic E-state index is 0.707. The molecule has 1 rings (SSSR count). The van der Waals surface area contributed by atoms with Crippen molar-refractivity contribution in [3.05, 3.63) is 12.2 Å². The van der Waals surface area contributed by atoms with Crippen molar-refractivity contribution in [2.75, 3.05) is 26.2 Å². The summed E-state index contributed by atoms with van der Waals surface area (Å²) in [6.07, 6.45) is 2.57. The second-order valence-electron chi connectivity index (χ2n) is 4.13. The summed E-state index contributed by atoms with van der Waals surface area (Å²) in [5.74, 6) is 0. The molecular formula is C11H22N2. The van der Waals surface area contributed by atoms with Crippen LogP contribution in [0.15, 0.2) is 12.2 Å². The first-order valence-electron chi connectivity index (χ1n) is 5.32. The summed E-state index contributed by atoms with van der Waals surface area (Å²) >= 11 is 0. The minimum absolute atomic E-state index is 0.707. The molecule has 0 amide bonds. The van der Waals surface area contributed by atoms with E-state index in [1.54, 1.807) is 0 Å². The number of rotatable bonds is 4. The molecule has 1 fully saturated rings. The second-order valence-corrected chi connectivity index (χ2v) is 4.13. The highest BCUT2D eigenvalue weighted by Crippen LogP contribution is 2.06. The molecule has 0 radical (unpaired) electrons. The van der Waals surface area contributed by atoms with Gasteiger partial charge in [-0.05, 0) is 13.3 Å². The van der Waals surface area contributed by atoms with E-state index in [-0.39, 0.29) is 0 Å². The Labute approximate surface area is 82.0 Å². The lowest BCUT2D eigenvalue weighted by atomic mass is 10.1. The fraction of sp³-hybridized carbons (Fsp3) is 0.818. The fourth-order valence-electron chi connectivity index (χ4n) is 1.96. The Morgan fingerprint density at radius 1 is 1.62 bits per heavy atom. The Morgan fingerprint density at radius 2 is 2.38 bits per heavy atom. The highest BCUT2D eigenvalue weighted by atomic mass is 15.2. The molecule has 1 aliphatic rings. The van der Waals surface area contributed by atoms with E-state index >= 15 is 0 Å². The highest BCUT2D eigenvalue weighted by molar-refractivity contribution is 4.93. The Kier molecular flexibility index (Phi) is 4.46. The van der Waals surface area contributed by atoms with Crippen molar-refractivity contribution in [3.8, 4) is 0 Å². The first-order valence-corrected chi connectivity index (χ1v) is 5.32. The first-order chi connectivity index (χ1) is 6.22. The smallest absolute Gasteiger partial charge is 0.0195 e. The van der Waals surface area contributed by atoms with Crippen LogP contribution in [-0.2, 0) is 0 Å². The summed E-state index contributed by atoms with van der Waals surface area (Å²) in [6.45, 7) is 12.9. The van der Waals surface area contributed by atoms with Gasteiger partial charge in [0.05, 0.1) is 0 Å². The summed E-state index contributed by atoms with van der Waals surface area (Å²) in [5, 5.41) is 3.55. The first kappa shape index (κ1) is 10.7. The van der Waals surface area contributed by atoms with Gasteiger partial charge in [-0.2, -0.15) is 0 Å². The SMILES string of the molecule is C=C(C)CN1CCNC(CCC)C1. The lowest BCUT2D eigenvalue weighted by Crippen LogP contribution is -2.50. The highest BCUT2D eigenvalue weighted by Gasteiger charge is 2.17. The molecule has 0 aromatic carbocycles. The second kappa shape index (κ2) is 5.40. The van der Waals surface area contributed by atoms with Crippen LogP contribution in [0.2, 0.25) is 0 Å². The van der Waals surface area contributed by atoms with Crippen molar-refractivity contribution in [1.29, 1.82) is 0 Å². The lowest BCUT2D eigenvalue weighted by molar-refractivity contribution is 0.208. The van der Waals surface area contributed by atoms with Crippen LogP contribution in [0.5, 0.6) is 0 Å². The van der Waals surface area contributed by atoms with E-state index in [0.29, 0.717) is 6.04 Å². The molecule has 0 spiro atoms. The van der Waals surface area contributed by atoms with E-state index in [1.807, 2.05) is 0 Å². The average Bonchev–Trinajstić information content (AvgIpc) is 2.04. The van der Waals surface area contributed by atoms with Crippen molar-refractivity contribution in [1.82, 2.24) is 10.2 Å². The summed E-state index contributed by atoms with van der Waals surface area (Å²) in [6, 6.07) is 0.707. The van der Waals surface area contributed by atoms with Crippen molar-refractivity contribution < 1.29 is 0 Å². The standard InChI is InChI=1S/C11H22N2/c1-4-5-11-9-13(7-6-12-11)8-10(2)3/h11-12H,2,4-9H2,1,3H3. The van der Waals surface area contributed by atoms with Crippen LogP contribution >= 0.6 is 0 Å². The van der Waals surface area contributed by atoms with E-state index in [0.717, 1.165) is 13.1 Å². The molecule has 2 nitrogen and oxygen atoms in total. The third-order valence-corrected chi connectivity index (χ3v) is 2.47. The van der Waals surface area contributed by atoms with Gasteiger partial charge in [0.15, 0.2) is 0 Å². The molecule has 0 aromatic heterocycles. The summed E-state index contributed by atoms with van der Waals surface area (Å²) in [4.78, 5) is 2.50. The molecule has 1 unspecified atom stereocenters. The summed E-state index contributed by atoms with van der Waals surface area (Å²) < 4.78 is 0. The largest absolute Gasteiger partial charge is 0.311 e. The third-order valence-electron chi connectivity index (χ3n) is 2.47. The van der Waals surface area contributed by atoms with Crippen molar-refractivity contribution in [2.45, 2.75) is 32.7 Å². The number of nitrogens with one attached hydrogen (secondary N) is 1. The van der Waals surface area contributed by atoms with Gasteiger partial charge in [0.1, 0.15) is 0 Å². The van der Waals surface area contributed by atoms with Gasteiger partial charge in [-0.1, -0.05) is 25.5 Å². The number of piperazine rings is 1. The molecule has 1 aliphatic heterocycles. The van der Waals surface area contributed by atoms with Crippen LogP contribution < -0.4 is 5.32 Å². The molecule has 1 N–H and O–H groups in total. The monoisotopic (exact) mass is 182 g/mol. The maximum atomic E-state index is 3.96. The predicted molar refractivity (Wildman–Crippen MR) is 58.0 cm³/mol. The molecule has 0 saturated carbocycles. The van der Waals surface area contributed by atoms with E-state index in [4.69, 9.17) is 0 Å². The van der Waals surface area contributed by atoms with Crippen molar-refractivity contribution >= 4 is 0 Å². The fourth-order valence-corrected chi connectivity index (χ4v) is 1.96. The van der Waals surface area contributed by atoms with Gasteiger partial charge < -0.3 is 5.32 Å². The summed E-state index contributed by atoms with van der Waals surface area (Å²) in [7, 11) is 0. The quantitative estimate of drug-likeness (QED) is 0.665. The normalized spacial score (nSPS) is 24.6. The van der Waals surface area contributed by atoms with Gasteiger partial charge in [0.25, 0.3) is 0 Å². The Morgan fingerprint density at radius 3 is 3.00 bits per heavy atom. The van der Waals surface area contributed by atoms with Crippen LogP contribution in [0.25, 0.3) is 0 Å². The van der Waals surface area contributed by atoms with Gasteiger partial charge in [-0.15, -0.1) is 0 Å². The zero-order valence-corrected chi connectivity index (χ0v) is 8.97. The van der Waals surface area contributed by atoms with Crippen LogP contribution in [-0.4, -0.2) is 37.1 Å². The van der Waals surface area contributed by atoms with Gasteiger partial charge in [-0.25, -0.2) is 0 Å². The number of hydrogen-bond donors (Lipinski definition) is 1. The van der Waals surface area contributed by atoms with E-state index in [9.17, 15) is 0 Å². The maximum absolute atomic E-state index is 3.96. The minimum Gasteiger partial charge on any atom is -0.311 e. The van der Waals surface area contributed by atoms with Gasteiger partial charge >= 0.3 is 0 Å². The van der Waals surface area contributed by atoms with Crippen LogP contribution in [0.3, 0.4) is 0 Å². The molecule has 1 atom stereocenters. The van der Waals surface area contributed by atoms with Crippen LogP contribution in [0.1, 0.15) is 26.7 Å². The van der Waals surface area contributed by atoms with Crippen LogP contribution in [0.4, 0.5) is 0 Å². The van der Waals surface area contributed by atoms with Crippen molar-refractivity contribution in [2.24, 2.45) is 0 Å². The number of hydrogen-bond acceptors (Lipinski definition) is 2.